The van der Waals surface area contributed by atoms with Crippen LogP contribution in [0.15, 0.2) is 60.9 Å². The third-order valence-electron chi connectivity index (χ3n) is 5.74. The number of phenols is 1. The van der Waals surface area contributed by atoms with Gasteiger partial charge in [0.1, 0.15) is 17.9 Å². The van der Waals surface area contributed by atoms with Crippen LogP contribution >= 0.6 is 0 Å². The number of carbonyl (C=O) groups excluding carboxylic acids is 1. The van der Waals surface area contributed by atoms with Crippen LogP contribution in [0.3, 0.4) is 0 Å². The molecule has 5 rings (SSSR count). The lowest BCUT2D eigenvalue weighted by molar-refractivity contribution is 0.112. The Bertz CT molecular complexity index is 1800. The molecule has 0 saturated heterocycles. The number of aromatic amines is 1. The van der Waals surface area contributed by atoms with Gasteiger partial charge in [-0.3, -0.25) is 4.79 Å². The first kappa shape index (κ1) is 38.4. The second-order valence-electron chi connectivity index (χ2n) is 9.14. The van der Waals surface area contributed by atoms with Crippen LogP contribution in [0.4, 0.5) is 11.5 Å². The first-order chi connectivity index (χ1) is 22.9. The van der Waals surface area contributed by atoms with E-state index in [2.05, 4.69) is 19.9 Å². The Morgan fingerprint density at radius 1 is 0.875 bits per heavy atom. The summed E-state index contributed by atoms with van der Waals surface area (Å²) in [5.74, 6) is 1.79. The molecule has 0 amide bonds. The van der Waals surface area contributed by atoms with Gasteiger partial charge in [0, 0.05) is 30.1 Å². The van der Waals surface area contributed by atoms with Gasteiger partial charge in [0.25, 0.3) is 0 Å². The number of carbonyl (C=O) groups is 1. The third kappa shape index (κ3) is 10.9. The van der Waals surface area contributed by atoms with Crippen LogP contribution in [0.25, 0.3) is 22.6 Å². The minimum absolute atomic E-state index is 0.0343. The lowest BCUT2D eigenvalue weighted by Gasteiger charge is -2.13. The van der Waals surface area contributed by atoms with Crippen LogP contribution in [0.2, 0.25) is 0 Å². The maximum absolute atomic E-state index is 11.1. The molecule has 3 heterocycles. The van der Waals surface area contributed by atoms with Crippen LogP contribution in [-0.4, -0.2) is 86.2 Å². The number of anilines is 2. The van der Waals surface area contributed by atoms with E-state index in [1.54, 1.807) is 43.6 Å². The van der Waals surface area contributed by atoms with Crippen molar-refractivity contribution in [2.45, 2.75) is 6.92 Å². The fraction of sp³-hybridized carbons (Fsp3) is 0.226. The first-order valence-corrected chi connectivity index (χ1v) is 15.6. The maximum Gasteiger partial charge on any atom is 0.306 e. The molecule has 0 aliphatic carbocycles. The van der Waals surface area contributed by atoms with Gasteiger partial charge in [-0.15, -0.1) is 0 Å². The fourth-order valence-electron chi connectivity index (χ4n) is 3.64. The number of ether oxygens (including phenoxy) is 4. The van der Waals surface area contributed by atoms with E-state index in [0.717, 1.165) is 17.3 Å². The van der Waals surface area contributed by atoms with Gasteiger partial charge >= 0.3 is 10.1 Å². The van der Waals surface area contributed by atoms with E-state index < -0.39 is 10.1 Å². The van der Waals surface area contributed by atoms with Crippen molar-refractivity contribution in [1.29, 1.82) is 0 Å². The fourth-order valence-corrected chi connectivity index (χ4v) is 4.11. The van der Waals surface area contributed by atoms with E-state index in [1.807, 2.05) is 12.1 Å². The van der Waals surface area contributed by atoms with Gasteiger partial charge in [0.15, 0.2) is 28.6 Å². The minimum atomic E-state index is -3.71. The Labute approximate surface area is 277 Å². The predicted octanol–water partition coefficient (Wildman–Crippen LogP) is 3.45. The lowest BCUT2D eigenvalue weighted by Crippen LogP contribution is -2.08. The van der Waals surface area contributed by atoms with E-state index in [-0.39, 0.29) is 29.6 Å². The predicted molar refractivity (Wildman–Crippen MR) is 180 cm³/mol. The van der Waals surface area contributed by atoms with Gasteiger partial charge in [-0.2, -0.15) is 8.42 Å². The van der Waals surface area contributed by atoms with Crippen molar-refractivity contribution in [3.8, 4) is 45.9 Å². The quantitative estimate of drug-likeness (QED) is 0.116. The summed E-state index contributed by atoms with van der Waals surface area (Å²) in [6.07, 6.45) is 4.78. The number of benzene rings is 2. The van der Waals surface area contributed by atoms with E-state index in [1.165, 1.54) is 40.6 Å². The maximum atomic E-state index is 11.1. The molecule has 0 radical (unpaired) electrons. The summed E-state index contributed by atoms with van der Waals surface area (Å²) in [5, 5.41) is 17.5. The molecule has 7 N–H and O–H groups in total. The molecule has 3 aromatic heterocycles. The summed E-state index contributed by atoms with van der Waals surface area (Å²) in [6.45, 7) is 1.93. The van der Waals surface area contributed by atoms with Crippen molar-refractivity contribution in [3.63, 3.8) is 0 Å². The van der Waals surface area contributed by atoms with Crippen molar-refractivity contribution in [2.24, 2.45) is 0 Å². The zero-order valence-electron chi connectivity index (χ0n) is 27.1. The van der Waals surface area contributed by atoms with Gasteiger partial charge in [-0.05, 0) is 55.5 Å². The summed E-state index contributed by atoms with van der Waals surface area (Å²) >= 11 is 0. The summed E-state index contributed by atoms with van der Waals surface area (Å²) in [5.41, 5.74) is 13.7. The van der Waals surface area contributed by atoms with Gasteiger partial charge in [0.05, 0.1) is 45.9 Å². The largest absolute Gasteiger partial charge is 0.502 e. The number of H-pyrrole nitrogens is 1. The molecule has 0 spiro atoms. The topological polar surface area (TPSA) is 244 Å². The first-order valence-electron chi connectivity index (χ1n) is 13.8. The number of nitrogens with one attached hydrogen (secondary N) is 1. The van der Waals surface area contributed by atoms with E-state index in [0.29, 0.717) is 46.3 Å². The van der Waals surface area contributed by atoms with Crippen molar-refractivity contribution < 1.29 is 46.6 Å². The standard InChI is InChI=1S/C14H13N3O3.C10H12O6S.C5H7N3.C2H6O/c1-19-10-6-8(7-11(20-2)12(10)18)13-16-9-4-3-5-15-14(9)17-13;1-14-8-4-7(6-11)5-9(15-2)10(8)16-17(3,12)13;6-4-2-1-3-8-5(4)7;1-2-3/h3-7,18H,1-2H3,(H,15,16,17);4-6H,1-3H3;1-3H,6H2,(H2,7,8);3H,2H2,1H3. The van der Waals surface area contributed by atoms with E-state index in [4.69, 9.17) is 39.7 Å². The van der Waals surface area contributed by atoms with Crippen LogP contribution < -0.4 is 34.6 Å². The number of phenolic OH excluding ortho intramolecular Hbond substituents is 1. The molecular formula is C31H38N6O10S. The lowest BCUT2D eigenvalue weighted by atomic mass is 10.1. The SMILES string of the molecule is CCO.COc1cc(-c2nc3ncccc3[nH]2)cc(OC)c1O.COc1cc(C=O)cc(OC)c1OS(C)(=O)=O.Nc1cccnc1N. The number of aromatic nitrogens is 4. The number of methoxy groups -OCH3 is 4. The minimum Gasteiger partial charge on any atom is -0.502 e. The molecule has 17 heteroatoms. The number of nitrogens with zero attached hydrogens (tertiary/aromatic N) is 3. The van der Waals surface area contributed by atoms with Crippen molar-refractivity contribution >= 4 is 39.1 Å². The van der Waals surface area contributed by atoms with Crippen LogP contribution in [0.1, 0.15) is 17.3 Å². The number of aliphatic hydroxyl groups is 1. The molecule has 258 valence electrons. The zero-order valence-corrected chi connectivity index (χ0v) is 27.9. The van der Waals surface area contributed by atoms with Crippen LogP contribution in [-0.2, 0) is 10.1 Å². The average molecular weight is 687 g/mol. The van der Waals surface area contributed by atoms with Gasteiger partial charge in [0.2, 0.25) is 11.5 Å². The summed E-state index contributed by atoms with van der Waals surface area (Å²) in [6, 6.07) is 13.3. The number of rotatable bonds is 8. The smallest absolute Gasteiger partial charge is 0.306 e. The molecule has 0 aliphatic rings. The molecule has 0 unspecified atom stereocenters. The summed E-state index contributed by atoms with van der Waals surface area (Å²) in [4.78, 5) is 26.1. The number of hydrogen-bond acceptors (Lipinski definition) is 15. The number of nitrogen functional groups attached to an aromatic ring is 2. The Kier molecular flexibility index (Phi) is 14.7. The number of aldehydes is 1. The number of imidazole rings is 1. The Hall–Kier alpha value is -5.81. The average Bonchev–Trinajstić information content (AvgIpc) is 3.51. The number of fused-ring (bicyclic) bond motifs is 1. The second kappa shape index (κ2) is 18.4. The number of pyridine rings is 2. The molecule has 0 fully saturated rings. The molecule has 2 aromatic carbocycles. The highest BCUT2D eigenvalue weighted by Gasteiger charge is 2.18. The summed E-state index contributed by atoms with van der Waals surface area (Å²) in [7, 11) is 1.92. The molecule has 16 nitrogen and oxygen atoms in total. The highest BCUT2D eigenvalue weighted by molar-refractivity contribution is 7.86. The molecule has 5 aromatic rings. The van der Waals surface area contributed by atoms with Gasteiger partial charge in [-0.1, -0.05) is 0 Å². The van der Waals surface area contributed by atoms with Crippen molar-refractivity contribution in [3.05, 3.63) is 66.5 Å². The number of aromatic hydroxyl groups is 1. The van der Waals surface area contributed by atoms with E-state index >= 15 is 0 Å². The molecular weight excluding hydrogens is 648 g/mol. The molecule has 0 atom stereocenters. The van der Waals surface area contributed by atoms with Crippen molar-refractivity contribution in [1.82, 2.24) is 19.9 Å². The van der Waals surface area contributed by atoms with E-state index in [9.17, 15) is 18.3 Å². The van der Waals surface area contributed by atoms with Gasteiger partial charge < -0.3 is 49.8 Å². The molecule has 0 bridgehead atoms. The van der Waals surface area contributed by atoms with Gasteiger partial charge in [-0.25, -0.2) is 15.0 Å². The third-order valence-corrected chi connectivity index (χ3v) is 6.21. The van der Waals surface area contributed by atoms with Crippen LogP contribution in [0, 0.1) is 0 Å². The van der Waals surface area contributed by atoms with Crippen molar-refractivity contribution in [2.75, 3.05) is 52.8 Å². The normalized spacial score (nSPS) is 10.1. The molecule has 48 heavy (non-hydrogen) atoms. The number of aliphatic hydroxyl groups excluding tert-OH is 1. The number of nitrogens with two attached hydrogens (primary N) is 2. The second-order valence-corrected chi connectivity index (χ2v) is 10.7. The summed E-state index contributed by atoms with van der Waals surface area (Å²) < 4.78 is 47.1. The van der Waals surface area contributed by atoms with Crippen LogP contribution in [0.5, 0.6) is 34.5 Å². The Morgan fingerprint density at radius 2 is 1.40 bits per heavy atom. The highest BCUT2D eigenvalue weighted by Crippen LogP contribution is 2.40. The zero-order chi connectivity index (χ0) is 35.9. The number of hydrogen-bond donors (Lipinski definition) is 5. The highest BCUT2D eigenvalue weighted by atomic mass is 32.2. The molecule has 0 aliphatic heterocycles. The Balaban J connectivity index is 0.000000258. The monoisotopic (exact) mass is 686 g/mol. The Morgan fingerprint density at radius 3 is 1.81 bits per heavy atom. The molecule has 0 saturated carbocycles.